The van der Waals surface area contributed by atoms with Crippen LogP contribution in [-0.4, -0.2) is 34.8 Å². The third-order valence-corrected chi connectivity index (χ3v) is 4.88. The molecule has 0 unspecified atom stereocenters. The van der Waals surface area contributed by atoms with Crippen molar-refractivity contribution in [2.75, 3.05) is 24.5 Å². The van der Waals surface area contributed by atoms with Crippen LogP contribution in [0, 0.1) is 0 Å². The Morgan fingerprint density at radius 2 is 1.91 bits per heavy atom. The van der Waals surface area contributed by atoms with Gasteiger partial charge in [-0.25, -0.2) is 0 Å². The summed E-state index contributed by atoms with van der Waals surface area (Å²) in [5.74, 6) is -0.0391. The van der Waals surface area contributed by atoms with Gasteiger partial charge in [0, 0.05) is 25.3 Å². The first-order valence-electron chi connectivity index (χ1n) is 7.32. The zero-order valence-corrected chi connectivity index (χ0v) is 14.5. The zero-order chi connectivity index (χ0) is 16.1. The highest BCUT2D eigenvalue weighted by Gasteiger charge is 2.30. The fourth-order valence-electron chi connectivity index (χ4n) is 2.31. The summed E-state index contributed by atoms with van der Waals surface area (Å²) in [5, 5.41) is 0. The minimum atomic E-state index is -0.0391. The number of hydrogen-bond acceptors (Lipinski definition) is 4. The van der Waals surface area contributed by atoms with Crippen LogP contribution in [0.25, 0.3) is 6.08 Å². The maximum absolute atomic E-state index is 12.3. The van der Waals surface area contributed by atoms with Gasteiger partial charge in [0.25, 0.3) is 5.91 Å². The molecule has 0 N–H and O–H groups in total. The van der Waals surface area contributed by atoms with Gasteiger partial charge in [-0.1, -0.05) is 42.2 Å². The van der Waals surface area contributed by atoms with Crippen molar-refractivity contribution in [3.8, 4) is 0 Å². The molecule has 1 heterocycles. The average molecular weight is 332 g/mol. The molecule has 0 spiro atoms. The van der Waals surface area contributed by atoms with Gasteiger partial charge in [0.15, 0.2) is 0 Å². The molecule has 0 aliphatic carbocycles. The van der Waals surface area contributed by atoms with E-state index in [1.54, 1.807) is 11.0 Å². The lowest BCUT2D eigenvalue weighted by Gasteiger charge is -2.20. The van der Waals surface area contributed by atoms with E-state index in [0.29, 0.717) is 15.8 Å². The van der Waals surface area contributed by atoms with E-state index < -0.39 is 0 Å². The van der Waals surface area contributed by atoms with Gasteiger partial charge in [-0.2, -0.15) is 0 Å². The Labute approximate surface area is 141 Å². The van der Waals surface area contributed by atoms with Crippen LogP contribution < -0.4 is 4.90 Å². The Morgan fingerprint density at radius 1 is 1.27 bits per heavy atom. The van der Waals surface area contributed by atoms with Crippen molar-refractivity contribution in [3.63, 3.8) is 0 Å². The molecule has 1 aliphatic heterocycles. The zero-order valence-electron chi connectivity index (χ0n) is 12.9. The number of thioether (sulfide) groups is 1. The summed E-state index contributed by atoms with van der Waals surface area (Å²) in [4.78, 5) is 16.8. The molecular weight excluding hydrogens is 312 g/mol. The molecule has 0 saturated carbocycles. The molecule has 22 heavy (non-hydrogen) atoms. The van der Waals surface area contributed by atoms with Crippen LogP contribution in [0.1, 0.15) is 19.4 Å². The van der Waals surface area contributed by atoms with Gasteiger partial charge < -0.3 is 4.90 Å². The van der Waals surface area contributed by atoms with E-state index in [9.17, 15) is 4.79 Å². The van der Waals surface area contributed by atoms with Crippen LogP contribution in [0.3, 0.4) is 0 Å². The number of rotatable bonds is 6. The van der Waals surface area contributed by atoms with E-state index in [1.807, 2.05) is 18.2 Å². The Kier molecular flexibility index (Phi) is 5.80. The first-order valence-corrected chi connectivity index (χ1v) is 8.54. The predicted octanol–water partition coefficient (Wildman–Crippen LogP) is 3.92. The fourth-order valence-corrected chi connectivity index (χ4v) is 3.58. The number of amides is 1. The van der Waals surface area contributed by atoms with Gasteiger partial charge in [0.1, 0.15) is 4.32 Å². The molecule has 1 fully saturated rings. The molecule has 0 radical (unpaired) electrons. The van der Waals surface area contributed by atoms with Gasteiger partial charge in [-0.15, -0.1) is 6.58 Å². The van der Waals surface area contributed by atoms with Gasteiger partial charge >= 0.3 is 0 Å². The highest BCUT2D eigenvalue weighted by atomic mass is 32.2. The number of nitrogens with zero attached hydrogens (tertiary/aromatic N) is 2. The van der Waals surface area contributed by atoms with Crippen LogP contribution in [0.4, 0.5) is 5.69 Å². The van der Waals surface area contributed by atoms with Gasteiger partial charge in [-0.3, -0.25) is 9.69 Å². The van der Waals surface area contributed by atoms with Gasteiger partial charge in [0.05, 0.1) is 4.91 Å². The second kappa shape index (κ2) is 7.61. The van der Waals surface area contributed by atoms with Gasteiger partial charge in [0.2, 0.25) is 0 Å². The lowest BCUT2D eigenvalue weighted by Crippen LogP contribution is -2.27. The van der Waals surface area contributed by atoms with E-state index in [2.05, 4.69) is 37.5 Å². The first-order chi connectivity index (χ1) is 10.6. The van der Waals surface area contributed by atoms with Crippen molar-refractivity contribution in [3.05, 3.63) is 47.4 Å². The van der Waals surface area contributed by atoms with Crippen LogP contribution in [0.15, 0.2) is 41.8 Å². The summed E-state index contributed by atoms with van der Waals surface area (Å²) < 4.78 is 0.593. The average Bonchev–Trinajstić information content (AvgIpc) is 2.78. The normalized spacial score (nSPS) is 16.5. The van der Waals surface area contributed by atoms with Crippen LogP contribution >= 0.6 is 24.0 Å². The van der Waals surface area contributed by atoms with Crippen molar-refractivity contribution in [1.82, 2.24) is 4.90 Å². The van der Waals surface area contributed by atoms with E-state index in [4.69, 9.17) is 12.2 Å². The van der Waals surface area contributed by atoms with E-state index in [-0.39, 0.29) is 5.91 Å². The molecule has 1 aliphatic rings. The summed E-state index contributed by atoms with van der Waals surface area (Å²) in [6.07, 6.45) is 3.58. The van der Waals surface area contributed by atoms with E-state index >= 15 is 0 Å². The van der Waals surface area contributed by atoms with E-state index in [1.165, 1.54) is 17.4 Å². The van der Waals surface area contributed by atoms with Crippen molar-refractivity contribution in [2.45, 2.75) is 13.8 Å². The summed E-state index contributed by atoms with van der Waals surface area (Å²) in [6.45, 7) is 10.4. The molecule has 1 aromatic rings. The second-order valence-corrected chi connectivity index (χ2v) is 6.52. The third kappa shape index (κ3) is 3.59. The molecule has 1 amide bonds. The van der Waals surface area contributed by atoms with Crippen molar-refractivity contribution in [1.29, 1.82) is 0 Å². The molecular formula is C17H20N2OS2. The molecule has 3 nitrogen and oxygen atoms in total. The molecule has 1 aromatic carbocycles. The predicted molar refractivity (Wildman–Crippen MR) is 100 cm³/mol. The number of hydrogen-bond donors (Lipinski definition) is 0. The van der Waals surface area contributed by atoms with E-state index in [0.717, 1.165) is 18.7 Å². The van der Waals surface area contributed by atoms with Crippen LogP contribution in [0.2, 0.25) is 0 Å². The van der Waals surface area contributed by atoms with Crippen LogP contribution in [0.5, 0.6) is 0 Å². The minimum Gasteiger partial charge on any atom is -0.372 e. The fraction of sp³-hybridized carbons (Fsp3) is 0.294. The highest BCUT2D eigenvalue weighted by molar-refractivity contribution is 8.26. The monoisotopic (exact) mass is 332 g/mol. The SMILES string of the molecule is C=CCN1C(=O)/C(=C\c2ccc(N(CC)CC)cc2)SC1=S. The Bertz CT molecular complexity index is 604. The molecule has 0 bridgehead atoms. The number of thiocarbonyl (C=S) groups is 1. The molecule has 116 valence electrons. The lowest BCUT2D eigenvalue weighted by atomic mass is 10.1. The Balaban J connectivity index is 2.18. The maximum Gasteiger partial charge on any atom is 0.266 e. The summed E-state index contributed by atoms with van der Waals surface area (Å²) in [5.41, 5.74) is 2.20. The molecule has 0 aromatic heterocycles. The Morgan fingerprint density at radius 3 is 2.45 bits per heavy atom. The number of anilines is 1. The molecule has 5 heteroatoms. The van der Waals surface area contributed by atoms with Crippen LogP contribution in [-0.2, 0) is 4.79 Å². The lowest BCUT2D eigenvalue weighted by molar-refractivity contribution is -0.121. The van der Waals surface area contributed by atoms with Crippen molar-refractivity contribution in [2.24, 2.45) is 0 Å². The summed E-state index contributed by atoms with van der Waals surface area (Å²) >= 11 is 6.58. The topological polar surface area (TPSA) is 23.6 Å². The smallest absolute Gasteiger partial charge is 0.266 e. The quantitative estimate of drug-likeness (QED) is 0.447. The second-order valence-electron chi connectivity index (χ2n) is 4.84. The third-order valence-electron chi connectivity index (χ3n) is 3.50. The molecule has 0 atom stereocenters. The van der Waals surface area contributed by atoms with Crippen molar-refractivity contribution >= 4 is 46.0 Å². The summed E-state index contributed by atoms with van der Waals surface area (Å²) in [6, 6.07) is 8.24. The first kappa shape index (κ1) is 16.8. The van der Waals surface area contributed by atoms with Gasteiger partial charge in [-0.05, 0) is 37.6 Å². The highest BCUT2D eigenvalue weighted by Crippen LogP contribution is 2.32. The standard InChI is InChI=1S/C17H20N2OS2/c1-4-11-19-16(20)15(22-17(19)21)12-13-7-9-14(10-8-13)18(5-2)6-3/h4,7-10,12H,1,5-6,11H2,2-3H3/b15-12+. The number of benzene rings is 1. The molecule has 1 saturated heterocycles. The number of carbonyl (C=O) groups is 1. The number of carbonyl (C=O) groups excluding carboxylic acids is 1. The molecule has 2 rings (SSSR count). The Hall–Kier alpha value is -1.59. The summed E-state index contributed by atoms with van der Waals surface area (Å²) in [7, 11) is 0. The van der Waals surface area contributed by atoms with Crippen molar-refractivity contribution < 1.29 is 4.79 Å². The maximum atomic E-state index is 12.3. The largest absolute Gasteiger partial charge is 0.372 e. The minimum absolute atomic E-state index is 0.0391.